The molecular weight excluding hydrogens is 725 g/mol. The van der Waals surface area contributed by atoms with Crippen molar-refractivity contribution in [3.05, 3.63) is 36.0 Å². The van der Waals surface area contributed by atoms with Crippen molar-refractivity contribution in [2.45, 2.75) is 220 Å². The molecular formula is C51H86O7. The summed E-state index contributed by atoms with van der Waals surface area (Å²) in [7, 11) is 0. The van der Waals surface area contributed by atoms with E-state index < -0.39 is 30.7 Å². The second kappa shape index (κ2) is 22.5. The summed E-state index contributed by atoms with van der Waals surface area (Å²) >= 11 is 0. The molecule has 4 fully saturated rings. The van der Waals surface area contributed by atoms with Crippen LogP contribution in [-0.4, -0.2) is 64.7 Å². The Morgan fingerprint density at radius 2 is 1.60 bits per heavy atom. The molecule has 0 aromatic rings. The monoisotopic (exact) mass is 811 g/mol. The summed E-state index contributed by atoms with van der Waals surface area (Å²) in [4.78, 5) is 12.6. The van der Waals surface area contributed by atoms with Crippen LogP contribution in [0.1, 0.15) is 183 Å². The number of aliphatic hydroxyl groups excluding tert-OH is 3. The molecule has 0 amide bonds. The lowest BCUT2D eigenvalue weighted by Gasteiger charge is -2.58. The minimum absolute atomic E-state index is 0.145. The molecule has 0 radical (unpaired) electrons. The number of ether oxygens (including phenoxy) is 3. The lowest BCUT2D eigenvalue weighted by atomic mass is 9.47. The molecule has 14 unspecified atom stereocenters. The van der Waals surface area contributed by atoms with Gasteiger partial charge in [-0.15, -0.1) is 0 Å². The second-order valence-corrected chi connectivity index (χ2v) is 20.4. The normalized spacial score (nSPS) is 37.4. The van der Waals surface area contributed by atoms with Crippen molar-refractivity contribution >= 4 is 5.97 Å². The van der Waals surface area contributed by atoms with Crippen LogP contribution < -0.4 is 0 Å². The van der Waals surface area contributed by atoms with E-state index in [9.17, 15) is 20.1 Å². The molecule has 332 valence electrons. The van der Waals surface area contributed by atoms with E-state index in [0.717, 1.165) is 113 Å². The Bertz CT molecular complexity index is 1340. The van der Waals surface area contributed by atoms with Crippen LogP contribution in [0.3, 0.4) is 0 Å². The van der Waals surface area contributed by atoms with Gasteiger partial charge in [-0.1, -0.05) is 123 Å². The van der Waals surface area contributed by atoms with Crippen molar-refractivity contribution in [2.24, 2.45) is 52.3 Å². The summed E-state index contributed by atoms with van der Waals surface area (Å²) in [5, 5.41) is 32.5. The molecule has 14 atom stereocenters. The van der Waals surface area contributed by atoms with Crippen LogP contribution >= 0.6 is 0 Å². The minimum Gasteiger partial charge on any atom is -0.463 e. The van der Waals surface area contributed by atoms with Gasteiger partial charge in [0.25, 0.3) is 0 Å². The molecule has 1 aliphatic heterocycles. The molecule has 7 heteroatoms. The van der Waals surface area contributed by atoms with E-state index in [1.54, 1.807) is 0 Å². The highest BCUT2D eigenvalue weighted by atomic mass is 16.7. The maximum atomic E-state index is 12.6. The van der Waals surface area contributed by atoms with Gasteiger partial charge in [-0.3, -0.25) is 4.79 Å². The predicted molar refractivity (Wildman–Crippen MR) is 235 cm³/mol. The number of unbranched alkanes of at least 4 members (excludes halogenated alkanes) is 6. The third-order valence-corrected chi connectivity index (χ3v) is 16.5. The summed E-state index contributed by atoms with van der Waals surface area (Å²) in [5.74, 6) is 5.20. The molecule has 0 bridgehead atoms. The van der Waals surface area contributed by atoms with Gasteiger partial charge in [0.15, 0.2) is 6.29 Å². The van der Waals surface area contributed by atoms with Crippen molar-refractivity contribution in [1.82, 2.24) is 0 Å². The third kappa shape index (κ3) is 11.7. The Morgan fingerprint density at radius 3 is 2.34 bits per heavy atom. The van der Waals surface area contributed by atoms with Gasteiger partial charge >= 0.3 is 5.97 Å². The molecule has 3 N–H and O–H groups in total. The largest absolute Gasteiger partial charge is 0.463 e. The van der Waals surface area contributed by atoms with Gasteiger partial charge in [-0.05, 0) is 142 Å². The van der Waals surface area contributed by atoms with Crippen molar-refractivity contribution in [3.8, 4) is 0 Å². The van der Waals surface area contributed by atoms with Crippen LogP contribution in [0.2, 0.25) is 0 Å². The number of esters is 1. The van der Waals surface area contributed by atoms with Crippen LogP contribution in [0.5, 0.6) is 0 Å². The summed E-state index contributed by atoms with van der Waals surface area (Å²) in [6.45, 7) is 16.9. The number of allylic oxidation sites excluding steroid dienone is 5. The number of carbonyl (C=O) groups is 1. The minimum atomic E-state index is -1.45. The highest BCUT2D eigenvalue weighted by Crippen LogP contribution is 2.67. The quantitative estimate of drug-likeness (QED) is 0.0568. The van der Waals surface area contributed by atoms with Crippen molar-refractivity contribution in [2.75, 3.05) is 6.61 Å². The first kappa shape index (κ1) is 47.5. The van der Waals surface area contributed by atoms with E-state index in [0.29, 0.717) is 17.8 Å². The summed E-state index contributed by atoms with van der Waals surface area (Å²) in [5.41, 5.74) is 2.12. The Labute approximate surface area is 354 Å². The van der Waals surface area contributed by atoms with Crippen LogP contribution in [0, 0.1) is 52.3 Å². The molecule has 58 heavy (non-hydrogen) atoms. The Morgan fingerprint density at radius 1 is 0.862 bits per heavy atom. The average molecular weight is 811 g/mol. The Hall–Kier alpha value is -1.51. The van der Waals surface area contributed by atoms with E-state index >= 15 is 0 Å². The molecule has 3 saturated carbocycles. The van der Waals surface area contributed by atoms with E-state index in [2.05, 4.69) is 78.8 Å². The number of hydrogen-bond donors (Lipinski definition) is 3. The smallest absolute Gasteiger partial charge is 0.305 e. The lowest BCUT2D eigenvalue weighted by molar-refractivity contribution is -0.313. The number of fused-ring (bicyclic) bond motifs is 5. The maximum absolute atomic E-state index is 12.6. The molecule has 0 aromatic heterocycles. The van der Waals surface area contributed by atoms with Gasteiger partial charge < -0.3 is 29.5 Å². The van der Waals surface area contributed by atoms with E-state index in [4.69, 9.17) is 14.2 Å². The molecule has 5 rings (SSSR count). The van der Waals surface area contributed by atoms with Gasteiger partial charge in [0.05, 0.1) is 6.10 Å². The topological polar surface area (TPSA) is 105 Å². The molecule has 1 saturated heterocycles. The SMILES string of the molecule is CCC/C=C\C/C=C\CCCCCCCC(=O)OCC1OC(OC2CCC3(C)C(=CCC4C3CCC3(C)C(C(C)CCC(CC)C(C)C)CCC43)C2)C(O)C(O)C1O. The van der Waals surface area contributed by atoms with Crippen molar-refractivity contribution in [3.63, 3.8) is 0 Å². The lowest BCUT2D eigenvalue weighted by Crippen LogP contribution is -2.60. The van der Waals surface area contributed by atoms with Crippen LogP contribution in [0.15, 0.2) is 36.0 Å². The zero-order chi connectivity index (χ0) is 41.9. The average Bonchev–Trinajstić information content (AvgIpc) is 3.56. The molecule has 0 spiro atoms. The van der Waals surface area contributed by atoms with E-state index in [1.807, 2.05) is 0 Å². The van der Waals surface area contributed by atoms with Gasteiger partial charge in [0, 0.05) is 6.42 Å². The van der Waals surface area contributed by atoms with Gasteiger partial charge in [0.2, 0.25) is 0 Å². The highest BCUT2D eigenvalue weighted by Gasteiger charge is 2.59. The zero-order valence-electron chi connectivity index (χ0n) is 37.9. The number of rotatable bonds is 22. The molecule has 4 aliphatic carbocycles. The van der Waals surface area contributed by atoms with Crippen molar-refractivity contribution < 1.29 is 34.3 Å². The first-order valence-electron chi connectivity index (χ1n) is 24.3. The number of aliphatic hydroxyl groups is 3. The summed E-state index contributed by atoms with van der Waals surface area (Å²) in [6, 6.07) is 0. The fraction of sp³-hybridized carbons (Fsp3) is 0.863. The van der Waals surface area contributed by atoms with E-state index in [-0.39, 0.29) is 24.1 Å². The fourth-order valence-electron chi connectivity index (χ4n) is 12.7. The van der Waals surface area contributed by atoms with Crippen LogP contribution in [0.4, 0.5) is 0 Å². The maximum Gasteiger partial charge on any atom is 0.305 e. The zero-order valence-corrected chi connectivity index (χ0v) is 37.9. The van der Waals surface area contributed by atoms with E-state index in [1.165, 1.54) is 56.9 Å². The van der Waals surface area contributed by atoms with Crippen LogP contribution in [-0.2, 0) is 19.0 Å². The molecule has 5 aliphatic rings. The summed E-state index contributed by atoms with van der Waals surface area (Å²) in [6.07, 6.45) is 28.4. The van der Waals surface area contributed by atoms with Gasteiger partial charge in [0.1, 0.15) is 31.0 Å². The van der Waals surface area contributed by atoms with Gasteiger partial charge in [-0.2, -0.15) is 0 Å². The van der Waals surface area contributed by atoms with Gasteiger partial charge in [-0.25, -0.2) is 0 Å². The highest BCUT2D eigenvalue weighted by molar-refractivity contribution is 5.69. The molecule has 1 heterocycles. The second-order valence-electron chi connectivity index (χ2n) is 20.4. The number of carbonyl (C=O) groups excluding carboxylic acids is 1. The predicted octanol–water partition coefficient (Wildman–Crippen LogP) is 11.4. The van der Waals surface area contributed by atoms with Crippen LogP contribution in [0.25, 0.3) is 0 Å². The Balaban J connectivity index is 1.05. The first-order chi connectivity index (χ1) is 27.8. The Kier molecular flexibility index (Phi) is 18.5. The molecule has 0 aromatic carbocycles. The third-order valence-electron chi connectivity index (χ3n) is 16.5. The number of hydrogen-bond acceptors (Lipinski definition) is 7. The van der Waals surface area contributed by atoms with Crippen molar-refractivity contribution in [1.29, 1.82) is 0 Å². The fourth-order valence-corrected chi connectivity index (χ4v) is 12.7. The standard InChI is InChI=1S/C51H86O7/c1-8-10-11-12-13-14-15-16-17-18-19-20-21-22-45(52)56-34-44-46(53)47(54)48(55)49(58-44)57-39-29-31-50(6)38(33-39)25-26-40-42-28-27-41(51(42,7)32-30-43(40)50)36(5)23-24-37(9-2)35(3)4/h11-12,14-15,25,35-37,39-44,46-49,53-55H,8-10,13,16-24,26-34H2,1-7H3/b12-11-,15-14-. The first-order valence-corrected chi connectivity index (χ1v) is 24.3. The summed E-state index contributed by atoms with van der Waals surface area (Å²) < 4.78 is 18.0. The molecule has 7 nitrogen and oxygen atoms in total.